The molecule has 0 radical (unpaired) electrons. The summed E-state index contributed by atoms with van der Waals surface area (Å²) in [6.07, 6.45) is 2.17. The first-order valence-electron chi connectivity index (χ1n) is 6.43. The van der Waals surface area contributed by atoms with E-state index in [1.165, 1.54) is 0 Å². The van der Waals surface area contributed by atoms with Gasteiger partial charge < -0.3 is 10.2 Å². The Bertz CT molecular complexity index is 479. The molecule has 0 atom stereocenters. The predicted octanol–water partition coefficient (Wildman–Crippen LogP) is 2.06. The van der Waals surface area contributed by atoms with Crippen LogP contribution in [0.5, 0.6) is 0 Å². The number of amides is 1. The van der Waals surface area contributed by atoms with E-state index in [1.807, 2.05) is 12.1 Å². The molecule has 0 aliphatic carbocycles. The fourth-order valence-corrected chi connectivity index (χ4v) is 1.76. The molecule has 19 heavy (non-hydrogen) atoms. The standard InChI is InChI=1S/C14H20N4O/c1-4-6-12-9-11(10-13(16-2)17-12)14(19)18(3)8-5-7-15/h9-10H,4-6,8H2,1-3H3,(H,16,17). The molecule has 102 valence electrons. The number of aryl methyl sites for hydroxylation is 1. The Balaban J connectivity index is 2.95. The van der Waals surface area contributed by atoms with Gasteiger partial charge in [0.25, 0.3) is 5.91 Å². The van der Waals surface area contributed by atoms with Crippen molar-refractivity contribution in [2.75, 3.05) is 26.0 Å². The van der Waals surface area contributed by atoms with Gasteiger partial charge in [-0.25, -0.2) is 4.98 Å². The fraction of sp³-hybridized carbons (Fsp3) is 0.500. The van der Waals surface area contributed by atoms with Crippen LogP contribution in [0.15, 0.2) is 12.1 Å². The summed E-state index contributed by atoms with van der Waals surface area (Å²) in [4.78, 5) is 18.2. The maximum Gasteiger partial charge on any atom is 0.253 e. The molecule has 1 aromatic rings. The lowest BCUT2D eigenvalue weighted by molar-refractivity contribution is 0.0798. The highest BCUT2D eigenvalue weighted by atomic mass is 16.2. The molecule has 1 aromatic heterocycles. The second-order valence-corrected chi connectivity index (χ2v) is 4.37. The molecule has 5 nitrogen and oxygen atoms in total. The summed E-state index contributed by atoms with van der Waals surface area (Å²) in [6.45, 7) is 2.52. The van der Waals surface area contributed by atoms with Gasteiger partial charge in [-0.05, 0) is 18.6 Å². The van der Waals surface area contributed by atoms with Crippen molar-refractivity contribution in [3.8, 4) is 6.07 Å². The maximum absolute atomic E-state index is 12.2. The van der Waals surface area contributed by atoms with E-state index in [0.29, 0.717) is 24.3 Å². The number of hydrogen-bond acceptors (Lipinski definition) is 4. The van der Waals surface area contributed by atoms with Crippen molar-refractivity contribution < 1.29 is 4.79 Å². The van der Waals surface area contributed by atoms with E-state index in [9.17, 15) is 4.79 Å². The predicted molar refractivity (Wildman–Crippen MR) is 75.0 cm³/mol. The second-order valence-electron chi connectivity index (χ2n) is 4.37. The van der Waals surface area contributed by atoms with Crippen molar-refractivity contribution in [3.05, 3.63) is 23.4 Å². The summed E-state index contributed by atoms with van der Waals surface area (Å²) in [5, 5.41) is 11.5. The van der Waals surface area contributed by atoms with E-state index in [2.05, 4.69) is 17.2 Å². The third-order valence-electron chi connectivity index (χ3n) is 2.79. The van der Waals surface area contributed by atoms with Gasteiger partial charge in [-0.1, -0.05) is 13.3 Å². The number of nitriles is 1. The summed E-state index contributed by atoms with van der Waals surface area (Å²) in [5.41, 5.74) is 1.52. The van der Waals surface area contributed by atoms with Gasteiger partial charge in [0.1, 0.15) is 5.82 Å². The number of rotatable bonds is 6. The SMILES string of the molecule is CCCc1cc(C(=O)N(C)CCC#N)cc(NC)n1. The average molecular weight is 260 g/mol. The van der Waals surface area contributed by atoms with Crippen LogP contribution in [0.3, 0.4) is 0 Å². The molecule has 1 heterocycles. The van der Waals surface area contributed by atoms with Gasteiger partial charge in [0.05, 0.1) is 12.5 Å². The summed E-state index contributed by atoms with van der Waals surface area (Å²) in [6, 6.07) is 5.61. The molecule has 5 heteroatoms. The molecule has 0 aromatic carbocycles. The Morgan fingerprint density at radius 3 is 2.84 bits per heavy atom. The summed E-state index contributed by atoms with van der Waals surface area (Å²) >= 11 is 0. The first kappa shape index (κ1) is 15.0. The number of nitrogens with zero attached hydrogens (tertiary/aromatic N) is 3. The van der Waals surface area contributed by atoms with Crippen molar-refractivity contribution in [2.24, 2.45) is 0 Å². The van der Waals surface area contributed by atoms with Crippen LogP contribution in [0.1, 0.15) is 35.8 Å². The van der Waals surface area contributed by atoms with Crippen LogP contribution in [-0.4, -0.2) is 36.4 Å². The molecule has 1 amide bonds. The summed E-state index contributed by atoms with van der Waals surface area (Å²) < 4.78 is 0. The second kappa shape index (κ2) is 7.37. The molecule has 0 saturated carbocycles. The first-order valence-corrected chi connectivity index (χ1v) is 6.43. The van der Waals surface area contributed by atoms with Crippen molar-refractivity contribution >= 4 is 11.7 Å². The molecule has 1 N–H and O–H groups in total. The minimum Gasteiger partial charge on any atom is -0.373 e. The third kappa shape index (κ3) is 4.25. The highest BCUT2D eigenvalue weighted by Crippen LogP contribution is 2.13. The van der Waals surface area contributed by atoms with Gasteiger partial charge in [-0.15, -0.1) is 0 Å². The molecule has 0 unspecified atom stereocenters. The minimum atomic E-state index is -0.0773. The minimum absolute atomic E-state index is 0.0773. The lowest BCUT2D eigenvalue weighted by Crippen LogP contribution is -2.27. The van der Waals surface area contributed by atoms with Gasteiger partial charge in [-0.2, -0.15) is 5.26 Å². The fourth-order valence-electron chi connectivity index (χ4n) is 1.76. The van der Waals surface area contributed by atoms with Gasteiger partial charge in [-0.3, -0.25) is 4.79 Å². The quantitative estimate of drug-likeness (QED) is 0.850. The molecule has 0 aliphatic heterocycles. The normalized spacial score (nSPS) is 9.79. The van der Waals surface area contributed by atoms with Crippen LogP contribution in [-0.2, 0) is 6.42 Å². The smallest absolute Gasteiger partial charge is 0.253 e. The van der Waals surface area contributed by atoms with E-state index in [-0.39, 0.29) is 5.91 Å². The van der Waals surface area contributed by atoms with Gasteiger partial charge in [0.15, 0.2) is 0 Å². The lowest BCUT2D eigenvalue weighted by Gasteiger charge is -2.16. The number of carbonyl (C=O) groups is 1. The number of anilines is 1. The molecular weight excluding hydrogens is 240 g/mol. The number of aromatic nitrogens is 1. The molecule has 0 saturated heterocycles. The van der Waals surface area contributed by atoms with Crippen molar-refractivity contribution in [2.45, 2.75) is 26.2 Å². The molecule has 1 rings (SSSR count). The van der Waals surface area contributed by atoms with Crippen molar-refractivity contribution in [3.63, 3.8) is 0 Å². The van der Waals surface area contributed by atoms with E-state index in [0.717, 1.165) is 18.5 Å². The zero-order valence-electron chi connectivity index (χ0n) is 11.7. The Hall–Kier alpha value is -2.09. The first-order chi connectivity index (χ1) is 9.12. The number of pyridine rings is 1. The average Bonchev–Trinajstić information content (AvgIpc) is 2.43. The van der Waals surface area contributed by atoms with Crippen LogP contribution in [0, 0.1) is 11.3 Å². The summed E-state index contributed by atoms with van der Waals surface area (Å²) in [7, 11) is 3.49. The number of carbonyl (C=O) groups excluding carboxylic acids is 1. The third-order valence-corrected chi connectivity index (χ3v) is 2.79. The van der Waals surface area contributed by atoms with Gasteiger partial charge in [0, 0.05) is 31.9 Å². The van der Waals surface area contributed by atoms with Gasteiger partial charge >= 0.3 is 0 Å². The van der Waals surface area contributed by atoms with E-state index in [1.54, 1.807) is 25.1 Å². The molecule has 0 fully saturated rings. The van der Waals surface area contributed by atoms with Crippen LogP contribution in [0.4, 0.5) is 5.82 Å². The number of nitrogens with one attached hydrogen (secondary N) is 1. The monoisotopic (exact) mass is 260 g/mol. The lowest BCUT2D eigenvalue weighted by atomic mass is 10.1. The molecule has 0 spiro atoms. The Kier molecular flexibility index (Phi) is 5.80. The Morgan fingerprint density at radius 2 is 2.26 bits per heavy atom. The van der Waals surface area contributed by atoms with Gasteiger partial charge in [0.2, 0.25) is 0 Å². The molecule has 0 aliphatic rings. The highest BCUT2D eigenvalue weighted by Gasteiger charge is 2.13. The summed E-state index contributed by atoms with van der Waals surface area (Å²) in [5.74, 6) is 0.620. The van der Waals surface area contributed by atoms with Crippen LogP contribution in [0.25, 0.3) is 0 Å². The molecular formula is C14H20N4O. The van der Waals surface area contributed by atoms with Crippen LogP contribution >= 0.6 is 0 Å². The maximum atomic E-state index is 12.2. The number of hydrogen-bond donors (Lipinski definition) is 1. The highest BCUT2D eigenvalue weighted by molar-refractivity contribution is 5.94. The topological polar surface area (TPSA) is 69.0 Å². The van der Waals surface area contributed by atoms with Crippen molar-refractivity contribution in [1.29, 1.82) is 5.26 Å². The largest absolute Gasteiger partial charge is 0.373 e. The zero-order valence-corrected chi connectivity index (χ0v) is 11.7. The Labute approximate surface area is 114 Å². The van der Waals surface area contributed by atoms with E-state index >= 15 is 0 Å². The van der Waals surface area contributed by atoms with Crippen LogP contribution < -0.4 is 5.32 Å². The zero-order chi connectivity index (χ0) is 14.3. The van der Waals surface area contributed by atoms with E-state index in [4.69, 9.17) is 5.26 Å². The Morgan fingerprint density at radius 1 is 1.53 bits per heavy atom. The molecule has 0 bridgehead atoms. The van der Waals surface area contributed by atoms with Crippen molar-refractivity contribution in [1.82, 2.24) is 9.88 Å². The van der Waals surface area contributed by atoms with Crippen LogP contribution in [0.2, 0.25) is 0 Å². The van der Waals surface area contributed by atoms with E-state index < -0.39 is 0 Å².